The number of rotatable bonds is 6. The summed E-state index contributed by atoms with van der Waals surface area (Å²) in [5.74, 6) is -1.54. The number of hydrogen-bond donors (Lipinski definition) is 3. The molecule has 1 saturated heterocycles. The highest BCUT2D eigenvalue weighted by molar-refractivity contribution is 5.81. The Hall–Kier alpha value is -1.14. The first-order chi connectivity index (χ1) is 9.63. The zero-order valence-electron chi connectivity index (χ0n) is 11.9. The fourth-order valence-electron chi connectivity index (χ4n) is 3.06. The maximum Gasteiger partial charge on any atom is 0.308 e. The maximum absolute atomic E-state index is 12.3. The molecule has 0 aromatic rings. The molecule has 1 saturated carbocycles. The quantitative estimate of drug-likeness (QED) is 0.656. The van der Waals surface area contributed by atoms with Crippen molar-refractivity contribution in [1.29, 1.82) is 0 Å². The Kier molecular flexibility index (Phi) is 5.37. The van der Waals surface area contributed by atoms with Crippen molar-refractivity contribution in [3.63, 3.8) is 0 Å². The molecule has 2 aliphatic rings. The number of hydrogen-bond acceptors (Lipinski definition) is 4. The zero-order chi connectivity index (χ0) is 14.5. The molecule has 0 radical (unpaired) electrons. The van der Waals surface area contributed by atoms with Gasteiger partial charge < -0.3 is 20.5 Å². The largest absolute Gasteiger partial charge is 0.481 e. The van der Waals surface area contributed by atoms with E-state index >= 15 is 0 Å². The highest BCUT2D eigenvalue weighted by atomic mass is 16.5. The van der Waals surface area contributed by atoms with Gasteiger partial charge in [0.1, 0.15) is 0 Å². The lowest BCUT2D eigenvalue weighted by Crippen LogP contribution is -2.48. The van der Waals surface area contributed by atoms with Crippen LogP contribution >= 0.6 is 0 Å². The Bertz CT molecular complexity index is 361. The molecule has 2 fully saturated rings. The molecule has 0 spiro atoms. The van der Waals surface area contributed by atoms with Crippen molar-refractivity contribution < 1.29 is 19.4 Å². The second-order valence-corrected chi connectivity index (χ2v) is 5.70. The molecule has 1 amide bonds. The molecule has 0 bridgehead atoms. The third-order valence-electron chi connectivity index (χ3n) is 4.23. The van der Waals surface area contributed by atoms with E-state index in [1.165, 1.54) is 0 Å². The summed E-state index contributed by atoms with van der Waals surface area (Å²) in [6, 6.07) is -0.188. The van der Waals surface area contributed by atoms with Crippen molar-refractivity contribution in [2.24, 2.45) is 11.8 Å². The number of ether oxygens (including phenoxy) is 1. The first-order valence-electron chi connectivity index (χ1n) is 7.47. The van der Waals surface area contributed by atoms with Gasteiger partial charge in [-0.2, -0.15) is 0 Å². The molecule has 3 N–H and O–H groups in total. The second-order valence-electron chi connectivity index (χ2n) is 5.70. The van der Waals surface area contributed by atoms with E-state index in [2.05, 4.69) is 17.6 Å². The number of carboxylic acids is 1. The van der Waals surface area contributed by atoms with Crippen LogP contribution in [0, 0.1) is 11.8 Å². The van der Waals surface area contributed by atoms with E-state index < -0.39 is 11.9 Å². The Balaban J connectivity index is 1.88. The standard InChI is InChI=1S/C14H24N2O4/c1-2-6-15-12-8-20-7-10(12)13(17)16-11-5-3-4-9(11)14(18)19/h9-12,15H,2-8H2,1H3,(H,16,17)(H,18,19). The van der Waals surface area contributed by atoms with Crippen LogP contribution in [0.4, 0.5) is 0 Å². The minimum Gasteiger partial charge on any atom is -0.481 e. The van der Waals surface area contributed by atoms with Gasteiger partial charge in [-0.1, -0.05) is 13.3 Å². The SMILES string of the molecule is CCCNC1COCC1C(=O)NC1CCCC1C(=O)O. The van der Waals surface area contributed by atoms with Crippen LogP contribution in [0.3, 0.4) is 0 Å². The number of carbonyl (C=O) groups excluding carboxylic acids is 1. The lowest BCUT2D eigenvalue weighted by Gasteiger charge is -2.23. The first-order valence-corrected chi connectivity index (χ1v) is 7.47. The molecule has 1 heterocycles. The molecule has 0 aromatic carbocycles. The number of carbonyl (C=O) groups is 2. The summed E-state index contributed by atoms with van der Waals surface area (Å²) in [5.41, 5.74) is 0. The van der Waals surface area contributed by atoms with E-state index in [0.717, 1.165) is 25.8 Å². The smallest absolute Gasteiger partial charge is 0.308 e. The second kappa shape index (κ2) is 7.04. The molecule has 114 valence electrons. The fourth-order valence-corrected chi connectivity index (χ4v) is 3.06. The van der Waals surface area contributed by atoms with Gasteiger partial charge in [0.15, 0.2) is 0 Å². The van der Waals surface area contributed by atoms with E-state index in [9.17, 15) is 9.59 Å². The molecule has 6 heteroatoms. The molecule has 6 nitrogen and oxygen atoms in total. The Labute approximate surface area is 119 Å². The van der Waals surface area contributed by atoms with E-state index in [1.54, 1.807) is 0 Å². The van der Waals surface area contributed by atoms with E-state index in [4.69, 9.17) is 9.84 Å². The normalized spacial score (nSPS) is 33.2. The Morgan fingerprint density at radius 1 is 1.20 bits per heavy atom. The monoisotopic (exact) mass is 284 g/mol. The third-order valence-corrected chi connectivity index (χ3v) is 4.23. The third kappa shape index (κ3) is 3.49. The minimum atomic E-state index is -0.809. The van der Waals surface area contributed by atoms with E-state index in [-0.39, 0.29) is 23.9 Å². The van der Waals surface area contributed by atoms with Gasteiger partial charge in [0.25, 0.3) is 0 Å². The van der Waals surface area contributed by atoms with Crippen LogP contribution in [0.5, 0.6) is 0 Å². The topological polar surface area (TPSA) is 87.7 Å². The fraction of sp³-hybridized carbons (Fsp3) is 0.857. The van der Waals surface area contributed by atoms with E-state index in [0.29, 0.717) is 19.6 Å². The lowest BCUT2D eigenvalue weighted by molar-refractivity contribution is -0.142. The van der Waals surface area contributed by atoms with Crippen LogP contribution < -0.4 is 10.6 Å². The summed E-state index contributed by atoms with van der Waals surface area (Å²) in [4.78, 5) is 23.5. The zero-order valence-corrected chi connectivity index (χ0v) is 11.9. The van der Waals surface area contributed by atoms with Crippen molar-refractivity contribution in [3.05, 3.63) is 0 Å². The van der Waals surface area contributed by atoms with E-state index in [1.807, 2.05) is 0 Å². The summed E-state index contributed by atoms with van der Waals surface area (Å²) in [6.07, 6.45) is 3.28. The van der Waals surface area contributed by atoms with Crippen molar-refractivity contribution in [1.82, 2.24) is 10.6 Å². The molecular weight excluding hydrogens is 260 g/mol. The lowest BCUT2D eigenvalue weighted by atomic mass is 9.99. The van der Waals surface area contributed by atoms with Gasteiger partial charge in [0.2, 0.25) is 5.91 Å². The van der Waals surface area contributed by atoms with Crippen LogP contribution in [0.1, 0.15) is 32.6 Å². The highest BCUT2D eigenvalue weighted by Crippen LogP contribution is 2.26. The maximum atomic E-state index is 12.3. The summed E-state index contributed by atoms with van der Waals surface area (Å²) in [6.45, 7) is 3.90. The van der Waals surface area contributed by atoms with Crippen molar-refractivity contribution in [3.8, 4) is 0 Å². The van der Waals surface area contributed by atoms with Crippen LogP contribution in [0.15, 0.2) is 0 Å². The first kappa shape index (κ1) is 15.3. The van der Waals surface area contributed by atoms with Gasteiger partial charge in [-0.15, -0.1) is 0 Å². The van der Waals surface area contributed by atoms with Crippen LogP contribution in [0.25, 0.3) is 0 Å². The van der Waals surface area contributed by atoms with Crippen LogP contribution in [-0.2, 0) is 14.3 Å². The van der Waals surface area contributed by atoms with Gasteiger partial charge >= 0.3 is 5.97 Å². The number of amides is 1. The summed E-state index contributed by atoms with van der Waals surface area (Å²) in [5, 5.41) is 15.4. The average molecular weight is 284 g/mol. The average Bonchev–Trinajstić information content (AvgIpc) is 3.04. The number of carboxylic acid groups (broad SMARTS) is 1. The van der Waals surface area contributed by atoms with Crippen LogP contribution in [-0.4, -0.2) is 48.8 Å². The molecule has 4 atom stereocenters. The molecule has 4 unspecified atom stereocenters. The molecule has 20 heavy (non-hydrogen) atoms. The van der Waals surface area contributed by atoms with Gasteiger partial charge in [0, 0.05) is 12.1 Å². The summed E-state index contributed by atoms with van der Waals surface area (Å²) in [7, 11) is 0. The Morgan fingerprint density at radius 2 is 2.00 bits per heavy atom. The molecule has 1 aliphatic carbocycles. The van der Waals surface area contributed by atoms with Gasteiger partial charge in [-0.25, -0.2) is 0 Å². The van der Waals surface area contributed by atoms with Gasteiger partial charge in [-0.3, -0.25) is 9.59 Å². The predicted octanol–water partition coefficient (Wildman–Crippen LogP) is 0.371. The predicted molar refractivity (Wildman–Crippen MR) is 73.3 cm³/mol. The van der Waals surface area contributed by atoms with Gasteiger partial charge in [-0.05, 0) is 25.8 Å². The highest BCUT2D eigenvalue weighted by Gasteiger charge is 2.38. The molecule has 2 rings (SSSR count). The number of aliphatic carboxylic acids is 1. The van der Waals surface area contributed by atoms with Gasteiger partial charge in [0.05, 0.1) is 25.0 Å². The molecule has 0 aromatic heterocycles. The van der Waals surface area contributed by atoms with Crippen molar-refractivity contribution in [2.45, 2.75) is 44.7 Å². The molecular formula is C14H24N2O4. The Morgan fingerprint density at radius 3 is 2.70 bits per heavy atom. The summed E-state index contributed by atoms with van der Waals surface area (Å²) >= 11 is 0. The van der Waals surface area contributed by atoms with Crippen LogP contribution in [0.2, 0.25) is 0 Å². The van der Waals surface area contributed by atoms with Crippen molar-refractivity contribution in [2.75, 3.05) is 19.8 Å². The summed E-state index contributed by atoms with van der Waals surface area (Å²) < 4.78 is 5.39. The number of nitrogens with one attached hydrogen (secondary N) is 2. The van der Waals surface area contributed by atoms with Crippen molar-refractivity contribution >= 4 is 11.9 Å². The minimum absolute atomic E-state index is 0.0413. The molecule has 1 aliphatic heterocycles.